The van der Waals surface area contributed by atoms with Gasteiger partial charge in [-0.05, 0) is 75.7 Å². The van der Waals surface area contributed by atoms with E-state index in [0.29, 0.717) is 11.3 Å². The Hall–Kier alpha value is -2.34. The van der Waals surface area contributed by atoms with E-state index in [1.807, 2.05) is 38.1 Å². The lowest BCUT2D eigenvalue weighted by Gasteiger charge is -2.28. The van der Waals surface area contributed by atoms with Crippen molar-refractivity contribution in [3.05, 3.63) is 54.1 Å². The summed E-state index contributed by atoms with van der Waals surface area (Å²) in [4.78, 5) is 17.4. The standard InChI is InChI=1S/C23H32N2O3S/c1-6-8-17-24(7-2)20-11-9-19(10-12-20)23(26)25(18(3)4)21-13-15-22(16-14-21)29(5,27)28/h9-16,18H,6-8,17H2,1-5H3. The van der Waals surface area contributed by atoms with Crippen LogP contribution < -0.4 is 9.80 Å². The molecule has 0 N–H and O–H groups in total. The molecule has 0 radical (unpaired) electrons. The largest absolute Gasteiger partial charge is 0.372 e. The number of sulfone groups is 1. The molecule has 0 spiro atoms. The van der Waals surface area contributed by atoms with Crippen LogP contribution in [0.4, 0.5) is 11.4 Å². The van der Waals surface area contributed by atoms with Crippen LogP contribution in [0.2, 0.25) is 0 Å². The highest BCUT2D eigenvalue weighted by Crippen LogP contribution is 2.24. The lowest BCUT2D eigenvalue weighted by molar-refractivity contribution is 0.0980. The number of nitrogens with zero attached hydrogens (tertiary/aromatic N) is 2. The molecule has 0 aliphatic heterocycles. The first-order chi connectivity index (χ1) is 13.7. The molecule has 5 nitrogen and oxygen atoms in total. The first-order valence-corrected chi connectivity index (χ1v) is 12.1. The lowest BCUT2D eigenvalue weighted by Crippen LogP contribution is -2.37. The Morgan fingerprint density at radius 1 is 0.931 bits per heavy atom. The molecule has 0 heterocycles. The number of carbonyl (C=O) groups excluding carboxylic acids is 1. The minimum atomic E-state index is -3.27. The van der Waals surface area contributed by atoms with Gasteiger partial charge in [-0.2, -0.15) is 0 Å². The van der Waals surface area contributed by atoms with Gasteiger partial charge in [0.1, 0.15) is 0 Å². The summed E-state index contributed by atoms with van der Waals surface area (Å²) in [7, 11) is -3.27. The highest BCUT2D eigenvalue weighted by molar-refractivity contribution is 7.90. The average Bonchev–Trinajstić information content (AvgIpc) is 2.68. The summed E-state index contributed by atoms with van der Waals surface area (Å²) in [5, 5.41) is 0. The average molecular weight is 417 g/mol. The van der Waals surface area contributed by atoms with E-state index in [1.165, 1.54) is 6.26 Å². The summed E-state index contributed by atoms with van der Waals surface area (Å²) < 4.78 is 23.4. The van der Waals surface area contributed by atoms with Crippen molar-refractivity contribution < 1.29 is 13.2 Å². The molecule has 0 aliphatic rings. The van der Waals surface area contributed by atoms with Crippen molar-refractivity contribution in [2.75, 3.05) is 29.1 Å². The number of amides is 1. The summed E-state index contributed by atoms with van der Waals surface area (Å²) in [5.74, 6) is -0.102. The molecule has 158 valence electrons. The SMILES string of the molecule is CCCCN(CC)c1ccc(C(=O)N(c2ccc(S(C)(=O)=O)cc2)C(C)C)cc1. The number of anilines is 2. The number of hydrogen-bond donors (Lipinski definition) is 0. The van der Waals surface area contributed by atoms with E-state index < -0.39 is 9.84 Å². The van der Waals surface area contributed by atoms with Crippen molar-refractivity contribution in [2.45, 2.75) is 51.5 Å². The van der Waals surface area contributed by atoms with E-state index in [4.69, 9.17) is 0 Å². The summed E-state index contributed by atoms with van der Waals surface area (Å²) in [5.41, 5.74) is 2.41. The fourth-order valence-corrected chi connectivity index (χ4v) is 3.91. The van der Waals surface area contributed by atoms with Crippen molar-refractivity contribution in [3.63, 3.8) is 0 Å². The van der Waals surface area contributed by atoms with Gasteiger partial charge < -0.3 is 9.80 Å². The molecular weight excluding hydrogens is 384 g/mol. The Morgan fingerprint density at radius 2 is 1.48 bits per heavy atom. The van der Waals surface area contributed by atoms with Gasteiger partial charge in [-0.3, -0.25) is 4.79 Å². The molecule has 2 aromatic carbocycles. The van der Waals surface area contributed by atoms with Crippen molar-refractivity contribution in [1.82, 2.24) is 0 Å². The van der Waals surface area contributed by atoms with Crippen LogP contribution in [-0.2, 0) is 9.84 Å². The Bertz CT molecular complexity index is 904. The molecule has 2 rings (SSSR count). The molecule has 0 aromatic heterocycles. The topological polar surface area (TPSA) is 57.7 Å². The van der Waals surface area contributed by atoms with Gasteiger partial charge >= 0.3 is 0 Å². The Balaban J connectivity index is 2.27. The minimum absolute atomic E-state index is 0.0667. The Morgan fingerprint density at radius 3 is 1.93 bits per heavy atom. The van der Waals surface area contributed by atoms with Crippen LogP contribution in [0.25, 0.3) is 0 Å². The maximum Gasteiger partial charge on any atom is 0.258 e. The van der Waals surface area contributed by atoms with Gasteiger partial charge in [0.15, 0.2) is 9.84 Å². The van der Waals surface area contributed by atoms with Crippen LogP contribution >= 0.6 is 0 Å². The molecule has 0 aliphatic carbocycles. The second kappa shape index (κ2) is 9.92. The van der Waals surface area contributed by atoms with E-state index in [0.717, 1.165) is 31.6 Å². The molecule has 0 saturated heterocycles. The van der Waals surface area contributed by atoms with Crippen molar-refractivity contribution in [3.8, 4) is 0 Å². The molecule has 0 saturated carbocycles. The van der Waals surface area contributed by atoms with Crippen LogP contribution in [0, 0.1) is 0 Å². The summed E-state index contributed by atoms with van der Waals surface area (Å²) in [6.07, 6.45) is 3.46. The first-order valence-electron chi connectivity index (χ1n) is 10.2. The predicted molar refractivity (Wildman–Crippen MR) is 121 cm³/mol. The Labute approximate surface area is 175 Å². The highest BCUT2D eigenvalue weighted by atomic mass is 32.2. The zero-order valence-corrected chi connectivity index (χ0v) is 18.9. The first kappa shape index (κ1) is 22.9. The number of rotatable bonds is 9. The van der Waals surface area contributed by atoms with Gasteiger partial charge in [0, 0.05) is 42.3 Å². The fourth-order valence-electron chi connectivity index (χ4n) is 3.28. The second-order valence-corrected chi connectivity index (χ2v) is 9.53. The molecule has 2 aromatic rings. The maximum atomic E-state index is 13.2. The lowest BCUT2D eigenvalue weighted by atomic mass is 10.1. The van der Waals surface area contributed by atoms with E-state index in [1.54, 1.807) is 29.2 Å². The van der Waals surface area contributed by atoms with Crippen molar-refractivity contribution in [2.24, 2.45) is 0 Å². The second-order valence-electron chi connectivity index (χ2n) is 7.52. The van der Waals surface area contributed by atoms with Gasteiger partial charge in [-0.15, -0.1) is 0 Å². The van der Waals surface area contributed by atoms with Gasteiger partial charge in [-0.25, -0.2) is 8.42 Å². The maximum absolute atomic E-state index is 13.2. The third kappa shape index (κ3) is 5.82. The molecule has 0 atom stereocenters. The molecule has 0 fully saturated rings. The summed E-state index contributed by atoms with van der Waals surface area (Å²) in [6, 6.07) is 14.1. The van der Waals surface area contributed by atoms with Gasteiger partial charge in [0.25, 0.3) is 5.91 Å². The predicted octanol–water partition coefficient (Wildman–Crippen LogP) is 4.77. The zero-order valence-electron chi connectivity index (χ0n) is 18.1. The normalized spacial score (nSPS) is 11.5. The van der Waals surface area contributed by atoms with Crippen molar-refractivity contribution in [1.29, 1.82) is 0 Å². The number of unbranched alkanes of at least 4 members (excludes halogenated alkanes) is 1. The monoisotopic (exact) mass is 416 g/mol. The van der Waals surface area contributed by atoms with Crippen molar-refractivity contribution >= 4 is 27.1 Å². The fraction of sp³-hybridized carbons (Fsp3) is 0.435. The number of carbonyl (C=O) groups is 1. The van der Waals surface area contributed by atoms with Gasteiger partial charge in [-0.1, -0.05) is 13.3 Å². The Kier molecular flexibility index (Phi) is 7.85. The van der Waals surface area contributed by atoms with Gasteiger partial charge in [0.05, 0.1) is 4.90 Å². The van der Waals surface area contributed by atoms with E-state index in [2.05, 4.69) is 18.7 Å². The van der Waals surface area contributed by atoms with E-state index in [9.17, 15) is 13.2 Å². The number of hydrogen-bond acceptors (Lipinski definition) is 4. The van der Waals surface area contributed by atoms with E-state index >= 15 is 0 Å². The van der Waals surface area contributed by atoms with Crippen LogP contribution in [0.15, 0.2) is 53.4 Å². The van der Waals surface area contributed by atoms with Crippen LogP contribution in [0.3, 0.4) is 0 Å². The highest BCUT2D eigenvalue weighted by Gasteiger charge is 2.21. The van der Waals surface area contributed by atoms with Crippen LogP contribution in [-0.4, -0.2) is 39.7 Å². The molecule has 0 unspecified atom stereocenters. The quantitative estimate of drug-likeness (QED) is 0.591. The van der Waals surface area contributed by atoms with E-state index in [-0.39, 0.29) is 16.8 Å². The molecule has 0 bridgehead atoms. The third-order valence-electron chi connectivity index (χ3n) is 4.92. The smallest absolute Gasteiger partial charge is 0.258 e. The summed E-state index contributed by atoms with van der Waals surface area (Å²) in [6.45, 7) is 10.1. The minimum Gasteiger partial charge on any atom is -0.372 e. The summed E-state index contributed by atoms with van der Waals surface area (Å²) >= 11 is 0. The van der Waals surface area contributed by atoms with Gasteiger partial charge in [0.2, 0.25) is 0 Å². The molecule has 29 heavy (non-hydrogen) atoms. The third-order valence-corrected chi connectivity index (χ3v) is 6.05. The number of benzene rings is 2. The zero-order chi connectivity index (χ0) is 21.6. The molecule has 6 heteroatoms. The van der Waals surface area contributed by atoms with Crippen LogP contribution in [0.1, 0.15) is 50.9 Å². The van der Waals surface area contributed by atoms with Crippen LogP contribution in [0.5, 0.6) is 0 Å². The molecular formula is C23H32N2O3S. The molecule has 1 amide bonds.